The molecule has 25 nitrogen and oxygen atoms in total. The number of hydrogen-bond acceptors (Lipinski definition) is 24. The highest BCUT2D eigenvalue weighted by molar-refractivity contribution is 7.47. The Bertz CT molecular complexity index is 2590. The maximum atomic E-state index is 14.9. The van der Waals surface area contributed by atoms with Crippen molar-refractivity contribution in [2.24, 2.45) is 0 Å². The molecule has 1 aliphatic carbocycles. The van der Waals surface area contributed by atoms with Gasteiger partial charge in [-0.1, -0.05) is 256 Å². The molecular formula is C89H159O25P. The molecule has 3 aliphatic rings. The number of aliphatic hydroxyl groups is 9. The Kier molecular flexibility index (Phi) is 62.5. The number of esters is 4. The van der Waals surface area contributed by atoms with Crippen LogP contribution in [0.15, 0.2) is 48.6 Å². The van der Waals surface area contributed by atoms with Gasteiger partial charge in [0.25, 0.3) is 0 Å². The third kappa shape index (κ3) is 48.6. The van der Waals surface area contributed by atoms with Crippen LogP contribution in [0.5, 0.6) is 0 Å². The maximum Gasteiger partial charge on any atom is 0.472 e. The predicted octanol–water partition coefficient (Wildman–Crippen LogP) is 16.1. The van der Waals surface area contributed by atoms with E-state index in [4.69, 9.17) is 46.9 Å². The van der Waals surface area contributed by atoms with Crippen molar-refractivity contribution in [1.29, 1.82) is 0 Å². The number of phosphoric ester groups is 1. The van der Waals surface area contributed by atoms with Crippen molar-refractivity contribution in [3.8, 4) is 0 Å². The van der Waals surface area contributed by atoms with Crippen molar-refractivity contribution in [2.75, 3.05) is 26.4 Å². The van der Waals surface area contributed by atoms with Gasteiger partial charge in [0, 0.05) is 25.7 Å². The fourth-order valence-electron chi connectivity index (χ4n) is 14.5. The lowest BCUT2D eigenvalue weighted by molar-refractivity contribution is -0.360. The zero-order valence-corrected chi connectivity index (χ0v) is 72.0. The smallest absolute Gasteiger partial charge is 0.463 e. The molecule has 0 bridgehead atoms. The van der Waals surface area contributed by atoms with Gasteiger partial charge in [-0.05, 0) is 128 Å². The van der Waals surface area contributed by atoms with Crippen LogP contribution in [0.25, 0.3) is 0 Å². The molecular weight excluding hydrogens is 1500 g/mol. The van der Waals surface area contributed by atoms with Gasteiger partial charge in [-0.3, -0.25) is 28.2 Å². The van der Waals surface area contributed by atoms with Crippen molar-refractivity contribution in [3.05, 3.63) is 48.6 Å². The third-order valence-corrected chi connectivity index (χ3v) is 22.7. The van der Waals surface area contributed by atoms with E-state index in [9.17, 15) is 74.6 Å². The molecule has 2 aliphatic heterocycles. The van der Waals surface area contributed by atoms with Gasteiger partial charge < -0.3 is 88.7 Å². The van der Waals surface area contributed by atoms with Crippen LogP contribution >= 0.6 is 7.82 Å². The topological polar surface area (TPSA) is 380 Å². The van der Waals surface area contributed by atoms with Gasteiger partial charge in [-0.25, -0.2) is 4.57 Å². The van der Waals surface area contributed by atoms with E-state index in [1.165, 1.54) is 116 Å². The molecule has 3 rings (SSSR count). The summed E-state index contributed by atoms with van der Waals surface area (Å²) >= 11 is 0. The molecule has 26 heteroatoms. The fourth-order valence-corrected chi connectivity index (χ4v) is 15.4. The number of hydrogen-bond donors (Lipinski definition) is 10. The molecule has 0 aromatic rings. The zero-order valence-electron chi connectivity index (χ0n) is 71.1. The Hall–Kier alpha value is -3.57. The first kappa shape index (κ1) is 106. The zero-order chi connectivity index (χ0) is 84.0. The van der Waals surface area contributed by atoms with E-state index in [-0.39, 0.29) is 25.7 Å². The summed E-state index contributed by atoms with van der Waals surface area (Å²) in [7, 11) is -5.81. The molecule has 3 fully saturated rings. The van der Waals surface area contributed by atoms with Gasteiger partial charge in [0.2, 0.25) is 0 Å². The van der Waals surface area contributed by atoms with Gasteiger partial charge in [-0.15, -0.1) is 0 Å². The number of carbonyl (C=O) groups is 4. The Labute approximate surface area is 690 Å². The molecule has 18 unspecified atom stereocenters. The van der Waals surface area contributed by atoms with Crippen LogP contribution in [0.3, 0.4) is 0 Å². The first-order valence-electron chi connectivity index (χ1n) is 45.4. The number of rotatable bonds is 72. The minimum Gasteiger partial charge on any atom is -0.463 e. The molecule has 0 spiro atoms. The minimum atomic E-state index is -5.81. The quantitative estimate of drug-likeness (QED) is 0.00889. The van der Waals surface area contributed by atoms with E-state index >= 15 is 0 Å². The molecule has 0 radical (unpaired) electrons. The summed E-state index contributed by atoms with van der Waals surface area (Å²) in [4.78, 5) is 66.3. The maximum absolute atomic E-state index is 14.9. The molecule has 18 atom stereocenters. The number of carbonyl (C=O) groups excluding carboxylic acids is 4. The van der Waals surface area contributed by atoms with E-state index in [0.29, 0.717) is 44.9 Å². The second kappa shape index (κ2) is 68.0. The summed E-state index contributed by atoms with van der Waals surface area (Å²) in [5, 5.41) is 102. The Morgan fingerprint density at radius 1 is 0.339 bits per heavy atom. The van der Waals surface area contributed by atoms with Gasteiger partial charge in [-0.2, -0.15) is 0 Å². The number of allylic oxidation sites excluding steroid dienone is 8. The van der Waals surface area contributed by atoms with E-state index in [1.54, 1.807) is 0 Å². The summed E-state index contributed by atoms with van der Waals surface area (Å²) in [6.45, 7) is 5.49. The summed E-state index contributed by atoms with van der Waals surface area (Å²) in [5.74, 6) is -3.02. The summed E-state index contributed by atoms with van der Waals surface area (Å²) < 4.78 is 73.2. The van der Waals surface area contributed by atoms with Crippen LogP contribution in [0, 0.1) is 0 Å². The summed E-state index contributed by atoms with van der Waals surface area (Å²) in [6.07, 6.45) is 29.8. The third-order valence-electron chi connectivity index (χ3n) is 21.7. The molecule has 0 aromatic heterocycles. The number of aliphatic hydroxyl groups excluding tert-OH is 9. The standard InChI is InChI=1S/C89H159O25P/c1-5-9-13-17-21-25-29-33-35-39-42-45-49-53-57-61-72(91)105-66-69(108-74(93)63-59-55-51-47-43-38-32-28-24-20-16-12-8-4)67-107-115(103,104)114-87-85(112-88-82(101)78(97)76(95)70(65-90)109-88)81(100)80(99)84(111-75(94)64-60-56-52-48-44-40-36-34-30-26-22-18-14-10-6-2)86(87)113-89-83(102)79(98)77(96)71(110-89)68-106-73(92)62-58-54-50-46-41-37-31-27-23-19-15-11-7-3/h25-26,29-30,37-38,41,43,69-71,76-90,95-102H,5-24,27-28,31-36,39-40,42,44-68H2,1-4H3,(H,103,104)/b29-25-,30-26-,41-37-,43-38-. The van der Waals surface area contributed by atoms with Crippen LogP contribution in [-0.2, 0) is 70.7 Å². The average Bonchev–Trinajstić information content (AvgIpc) is 0.755. The van der Waals surface area contributed by atoms with Crippen molar-refractivity contribution < 1.29 is 122 Å². The van der Waals surface area contributed by atoms with Gasteiger partial charge in [0.15, 0.2) is 24.8 Å². The highest BCUT2D eigenvalue weighted by Gasteiger charge is 2.60. The first-order valence-corrected chi connectivity index (χ1v) is 46.9. The van der Waals surface area contributed by atoms with Crippen LogP contribution in [0.2, 0.25) is 0 Å². The molecule has 115 heavy (non-hydrogen) atoms. The lowest BCUT2D eigenvalue weighted by atomic mass is 9.84. The van der Waals surface area contributed by atoms with Crippen molar-refractivity contribution in [1.82, 2.24) is 0 Å². The van der Waals surface area contributed by atoms with E-state index in [2.05, 4.69) is 76.3 Å². The fraction of sp³-hybridized carbons (Fsp3) is 0.865. The highest BCUT2D eigenvalue weighted by atomic mass is 31.2. The minimum absolute atomic E-state index is 0.00929. The molecule has 2 heterocycles. The molecule has 1 saturated carbocycles. The van der Waals surface area contributed by atoms with Crippen LogP contribution in [0.4, 0.5) is 0 Å². The summed E-state index contributed by atoms with van der Waals surface area (Å²) in [6, 6.07) is 0. The van der Waals surface area contributed by atoms with Gasteiger partial charge >= 0.3 is 31.7 Å². The monoisotopic (exact) mass is 1660 g/mol. The van der Waals surface area contributed by atoms with Gasteiger partial charge in [0.05, 0.1) is 13.2 Å². The van der Waals surface area contributed by atoms with E-state index in [1.807, 2.05) is 0 Å². The average molecular weight is 1660 g/mol. The SMILES string of the molecule is CCCCCC/C=C\CCCCCCCCCC(=O)OCC(COP(=O)(O)OC1C(OC2OC(CO)C(O)C(O)C2O)C(O)C(O)C(OC(=O)CCCCCCCCC/C=C\CCCCCC)C1OC1OC(COC(=O)CCCCC/C=C\CCCCCCCC)C(O)C(O)C1O)OC(=O)CCCCC/C=C\CCCCCCCC. The van der Waals surface area contributed by atoms with Crippen LogP contribution in [0.1, 0.15) is 362 Å². The van der Waals surface area contributed by atoms with Crippen molar-refractivity contribution in [3.63, 3.8) is 0 Å². The number of phosphoric acid groups is 1. The van der Waals surface area contributed by atoms with Crippen LogP contribution in [-0.4, -0.2) is 205 Å². The Balaban J connectivity index is 1.94. The Morgan fingerprint density at radius 3 is 1.05 bits per heavy atom. The predicted molar refractivity (Wildman–Crippen MR) is 444 cm³/mol. The van der Waals surface area contributed by atoms with Crippen molar-refractivity contribution >= 4 is 31.7 Å². The normalized spacial score (nSPS) is 25.5. The summed E-state index contributed by atoms with van der Waals surface area (Å²) in [5.41, 5.74) is 0. The molecule has 0 amide bonds. The number of ether oxygens (including phenoxy) is 8. The number of unbranched alkanes of at least 4 members (excludes halogenated alkanes) is 40. The second-order valence-corrected chi connectivity index (χ2v) is 33.5. The van der Waals surface area contributed by atoms with Crippen molar-refractivity contribution in [2.45, 2.75) is 466 Å². The molecule has 2 saturated heterocycles. The molecule has 0 aromatic carbocycles. The lowest BCUT2D eigenvalue weighted by Crippen LogP contribution is -2.70. The highest BCUT2D eigenvalue weighted by Crippen LogP contribution is 2.49. The largest absolute Gasteiger partial charge is 0.472 e. The van der Waals surface area contributed by atoms with E-state index < -0.39 is 162 Å². The first-order chi connectivity index (χ1) is 55.7. The van der Waals surface area contributed by atoms with Crippen LogP contribution < -0.4 is 0 Å². The Morgan fingerprint density at radius 2 is 0.652 bits per heavy atom. The second-order valence-electron chi connectivity index (χ2n) is 32.1. The molecule has 10 N–H and O–H groups in total. The van der Waals surface area contributed by atoms with E-state index in [0.717, 1.165) is 148 Å². The lowest BCUT2D eigenvalue weighted by Gasteiger charge is -2.50. The van der Waals surface area contributed by atoms with Gasteiger partial charge in [0.1, 0.15) is 92.6 Å². The molecule has 670 valence electrons.